The molecule has 0 saturated heterocycles. The third-order valence-electron chi connectivity index (χ3n) is 2.87. The molecule has 0 aliphatic rings. The molecule has 1 unspecified atom stereocenters. The van der Waals surface area contributed by atoms with Crippen molar-refractivity contribution >= 4 is 13.3 Å². The minimum Gasteiger partial charge on any atom is -0.324 e. The van der Waals surface area contributed by atoms with Crippen molar-refractivity contribution in [1.82, 2.24) is 0 Å². The number of nitrogens with two attached hydrogens (primary N) is 1. The zero-order valence-electron chi connectivity index (χ0n) is 10.00. The van der Waals surface area contributed by atoms with E-state index in [0.717, 1.165) is 6.42 Å². The van der Waals surface area contributed by atoms with Crippen molar-refractivity contribution in [1.29, 1.82) is 0 Å². The molecule has 0 aliphatic carbocycles. The van der Waals surface area contributed by atoms with Crippen molar-refractivity contribution in [2.45, 2.75) is 45.1 Å². The van der Waals surface area contributed by atoms with Crippen LogP contribution in [0.3, 0.4) is 0 Å². The zero-order valence-corrected chi connectivity index (χ0v) is 10.00. The maximum atomic E-state index is 6.13. The normalized spacial score (nSPS) is 12.7. The maximum Gasteiger partial charge on any atom is 0.139 e. The summed E-state index contributed by atoms with van der Waals surface area (Å²) in [7, 11) is 2.11. The van der Waals surface area contributed by atoms with Crippen LogP contribution in [-0.2, 0) is 0 Å². The molecule has 82 valence electrons. The van der Waals surface area contributed by atoms with E-state index in [4.69, 9.17) is 5.73 Å². The van der Waals surface area contributed by atoms with Gasteiger partial charge >= 0.3 is 0 Å². The lowest BCUT2D eigenvalue weighted by atomic mass is 9.93. The Hall–Kier alpha value is -0.755. The van der Waals surface area contributed by atoms with Gasteiger partial charge in [-0.3, -0.25) is 0 Å². The molecular formula is C13H22BN. The molecule has 0 fully saturated rings. The highest BCUT2D eigenvalue weighted by atomic mass is 14.6. The minimum atomic E-state index is 0.224. The molecule has 1 rings (SSSR count). The van der Waals surface area contributed by atoms with Crippen LogP contribution < -0.4 is 11.2 Å². The van der Waals surface area contributed by atoms with Gasteiger partial charge in [-0.2, -0.15) is 0 Å². The third-order valence-corrected chi connectivity index (χ3v) is 2.87. The first-order valence-electron chi connectivity index (χ1n) is 6.06. The Balaban J connectivity index is 2.33. The fourth-order valence-corrected chi connectivity index (χ4v) is 1.77. The standard InChI is InChI=1S/C13H22BN/c1-2-3-4-5-6-13(15)11-7-9-12(14)10-8-11/h7-10,13H,2-6,14-15H2,1H3. The second kappa shape index (κ2) is 6.68. The molecule has 0 aliphatic heterocycles. The summed E-state index contributed by atoms with van der Waals surface area (Å²) in [5.41, 5.74) is 8.71. The predicted molar refractivity (Wildman–Crippen MR) is 70.3 cm³/mol. The van der Waals surface area contributed by atoms with Crippen LogP contribution in [-0.4, -0.2) is 7.85 Å². The lowest BCUT2D eigenvalue weighted by Gasteiger charge is -2.11. The predicted octanol–water partition coefficient (Wildman–Crippen LogP) is 1.92. The molecule has 0 aromatic heterocycles. The van der Waals surface area contributed by atoms with Gasteiger partial charge in [0.2, 0.25) is 0 Å². The Morgan fingerprint density at radius 1 is 1.13 bits per heavy atom. The van der Waals surface area contributed by atoms with Gasteiger partial charge in [-0.1, -0.05) is 62.3 Å². The first-order chi connectivity index (χ1) is 7.24. The summed E-state index contributed by atoms with van der Waals surface area (Å²) < 4.78 is 0. The summed E-state index contributed by atoms with van der Waals surface area (Å²) in [6, 6.07) is 8.81. The van der Waals surface area contributed by atoms with Gasteiger partial charge in [-0.15, -0.1) is 0 Å². The zero-order chi connectivity index (χ0) is 11.1. The van der Waals surface area contributed by atoms with E-state index in [-0.39, 0.29) is 6.04 Å². The van der Waals surface area contributed by atoms with Gasteiger partial charge in [0.25, 0.3) is 0 Å². The molecule has 0 heterocycles. The van der Waals surface area contributed by atoms with E-state index in [9.17, 15) is 0 Å². The van der Waals surface area contributed by atoms with E-state index in [1.165, 1.54) is 36.7 Å². The fraction of sp³-hybridized carbons (Fsp3) is 0.538. The largest absolute Gasteiger partial charge is 0.324 e. The van der Waals surface area contributed by atoms with Crippen molar-refractivity contribution < 1.29 is 0 Å². The molecular weight excluding hydrogens is 181 g/mol. The molecule has 0 saturated carbocycles. The number of hydrogen-bond donors (Lipinski definition) is 1. The molecule has 0 bridgehead atoms. The minimum absolute atomic E-state index is 0.224. The van der Waals surface area contributed by atoms with Gasteiger partial charge in [-0.05, 0) is 12.0 Å². The van der Waals surface area contributed by atoms with Crippen molar-refractivity contribution in [3.63, 3.8) is 0 Å². The van der Waals surface area contributed by atoms with E-state index < -0.39 is 0 Å². The second-order valence-corrected chi connectivity index (χ2v) is 4.37. The number of hydrogen-bond acceptors (Lipinski definition) is 1. The topological polar surface area (TPSA) is 26.0 Å². The third kappa shape index (κ3) is 4.52. The molecule has 0 radical (unpaired) electrons. The highest BCUT2D eigenvalue weighted by molar-refractivity contribution is 6.32. The average Bonchev–Trinajstić information content (AvgIpc) is 2.25. The van der Waals surface area contributed by atoms with Gasteiger partial charge < -0.3 is 5.73 Å². The van der Waals surface area contributed by atoms with Gasteiger partial charge in [0.1, 0.15) is 7.85 Å². The van der Waals surface area contributed by atoms with Crippen LogP contribution in [0.4, 0.5) is 0 Å². The van der Waals surface area contributed by atoms with Gasteiger partial charge in [0.05, 0.1) is 0 Å². The average molecular weight is 203 g/mol. The quantitative estimate of drug-likeness (QED) is 0.554. The van der Waals surface area contributed by atoms with Crippen LogP contribution in [0.5, 0.6) is 0 Å². The van der Waals surface area contributed by atoms with Crippen LogP contribution >= 0.6 is 0 Å². The van der Waals surface area contributed by atoms with Crippen LogP contribution in [0.25, 0.3) is 0 Å². The molecule has 2 N–H and O–H groups in total. The second-order valence-electron chi connectivity index (χ2n) is 4.37. The molecule has 1 atom stereocenters. The van der Waals surface area contributed by atoms with Crippen molar-refractivity contribution in [3.8, 4) is 0 Å². The highest BCUT2D eigenvalue weighted by Crippen LogP contribution is 2.16. The van der Waals surface area contributed by atoms with Crippen LogP contribution in [0, 0.1) is 0 Å². The van der Waals surface area contributed by atoms with Gasteiger partial charge in [0, 0.05) is 6.04 Å². The van der Waals surface area contributed by atoms with E-state index in [0.29, 0.717) is 0 Å². The Morgan fingerprint density at radius 2 is 1.80 bits per heavy atom. The summed E-state index contributed by atoms with van der Waals surface area (Å²) in [6.07, 6.45) is 6.31. The fourth-order valence-electron chi connectivity index (χ4n) is 1.77. The van der Waals surface area contributed by atoms with Crippen molar-refractivity contribution in [2.24, 2.45) is 5.73 Å². The van der Waals surface area contributed by atoms with E-state index in [2.05, 4.69) is 39.0 Å². The Labute approximate surface area is 94.5 Å². The van der Waals surface area contributed by atoms with E-state index in [1.54, 1.807) is 0 Å². The van der Waals surface area contributed by atoms with Crippen molar-refractivity contribution in [3.05, 3.63) is 29.8 Å². The summed E-state index contributed by atoms with van der Waals surface area (Å²) in [5, 5.41) is 0. The SMILES string of the molecule is Bc1ccc(C(N)CCCCCC)cc1. The first-order valence-corrected chi connectivity index (χ1v) is 6.06. The Bertz CT molecular complexity index is 268. The van der Waals surface area contributed by atoms with Gasteiger partial charge in [0.15, 0.2) is 0 Å². The number of rotatable bonds is 6. The monoisotopic (exact) mass is 203 g/mol. The lowest BCUT2D eigenvalue weighted by Crippen LogP contribution is -2.11. The lowest BCUT2D eigenvalue weighted by molar-refractivity contribution is 0.566. The van der Waals surface area contributed by atoms with Crippen LogP contribution in [0.2, 0.25) is 0 Å². The Morgan fingerprint density at radius 3 is 2.40 bits per heavy atom. The molecule has 15 heavy (non-hydrogen) atoms. The summed E-state index contributed by atoms with van der Waals surface area (Å²) >= 11 is 0. The molecule has 0 amide bonds. The maximum absolute atomic E-state index is 6.13. The van der Waals surface area contributed by atoms with E-state index >= 15 is 0 Å². The molecule has 1 aromatic carbocycles. The summed E-state index contributed by atoms with van der Waals surface area (Å²) in [6.45, 7) is 2.24. The van der Waals surface area contributed by atoms with Crippen molar-refractivity contribution in [2.75, 3.05) is 0 Å². The number of unbranched alkanes of at least 4 members (excludes halogenated alkanes) is 3. The smallest absolute Gasteiger partial charge is 0.139 e. The highest BCUT2D eigenvalue weighted by Gasteiger charge is 2.04. The molecule has 1 nitrogen and oxygen atoms in total. The first kappa shape index (κ1) is 12.3. The van der Waals surface area contributed by atoms with Gasteiger partial charge in [-0.25, -0.2) is 0 Å². The number of benzene rings is 1. The summed E-state index contributed by atoms with van der Waals surface area (Å²) in [5.74, 6) is 0. The molecule has 2 heteroatoms. The summed E-state index contributed by atoms with van der Waals surface area (Å²) in [4.78, 5) is 0. The molecule has 1 aromatic rings. The van der Waals surface area contributed by atoms with Crippen LogP contribution in [0.15, 0.2) is 24.3 Å². The van der Waals surface area contributed by atoms with Crippen LogP contribution in [0.1, 0.15) is 50.6 Å². The van der Waals surface area contributed by atoms with E-state index in [1.807, 2.05) is 0 Å². The Kier molecular flexibility index (Phi) is 5.48. The molecule has 0 spiro atoms.